The van der Waals surface area contributed by atoms with E-state index in [9.17, 15) is 4.79 Å². The topological polar surface area (TPSA) is 57.7 Å². The van der Waals surface area contributed by atoms with Crippen molar-refractivity contribution < 1.29 is 9.53 Å². The van der Waals surface area contributed by atoms with E-state index in [-0.39, 0.29) is 12.1 Å². The van der Waals surface area contributed by atoms with Crippen LogP contribution in [0.25, 0.3) is 0 Å². The summed E-state index contributed by atoms with van der Waals surface area (Å²) < 4.78 is 5.42. The molecule has 1 aliphatic heterocycles. The third-order valence-corrected chi connectivity index (χ3v) is 3.48. The predicted octanol–water partition coefficient (Wildman–Crippen LogP) is 2.57. The molecule has 0 radical (unpaired) electrons. The van der Waals surface area contributed by atoms with E-state index >= 15 is 0 Å². The Morgan fingerprint density at radius 1 is 1.45 bits per heavy atom. The molecule has 0 aromatic carbocycles. The number of nitrogens with zero attached hydrogens (tertiary/aromatic N) is 3. The standard InChI is InChI=1S/C16H26N4O2/c1-16(2,3)22-15(21)20-9-7-12(11-20)18-13-10-17-8-6-14(13)19(4)5/h6,8,10,12,18H,7,9,11H2,1-5H3. The predicted molar refractivity (Wildman–Crippen MR) is 88.4 cm³/mol. The molecule has 1 N–H and O–H groups in total. The van der Waals surface area contributed by atoms with Crippen molar-refractivity contribution in [2.45, 2.75) is 38.8 Å². The number of hydrogen-bond donors (Lipinski definition) is 1. The highest BCUT2D eigenvalue weighted by Crippen LogP contribution is 2.25. The van der Waals surface area contributed by atoms with Crippen molar-refractivity contribution in [3.63, 3.8) is 0 Å². The molecule has 6 nitrogen and oxygen atoms in total. The number of carbonyl (C=O) groups excluding carboxylic acids is 1. The van der Waals surface area contributed by atoms with Crippen LogP contribution in [0.5, 0.6) is 0 Å². The van der Waals surface area contributed by atoms with E-state index in [1.165, 1.54) is 0 Å². The van der Waals surface area contributed by atoms with E-state index in [1.54, 1.807) is 11.1 Å². The normalized spacial score (nSPS) is 18.2. The molecule has 6 heteroatoms. The van der Waals surface area contributed by atoms with Crippen LogP contribution in [0, 0.1) is 0 Å². The minimum Gasteiger partial charge on any atom is -0.444 e. The highest BCUT2D eigenvalue weighted by Gasteiger charge is 2.30. The maximum atomic E-state index is 12.1. The quantitative estimate of drug-likeness (QED) is 0.930. The molecule has 22 heavy (non-hydrogen) atoms. The number of amides is 1. The Morgan fingerprint density at radius 2 is 2.18 bits per heavy atom. The van der Waals surface area contributed by atoms with Crippen LogP contribution in [0.2, 0.25) is 0 Å². The molecule has 122 valence electrons. The van der Waals surface area contributed by atoms with Crippen molar-refractivity contribution >= 4 is 17.5 Å². The molecule has 1 aromatic rings. The molecule has 0 bridgehead atoms. The third-order valence-electron chi connectivity index (χ3n) is 3.48. The lowest BCUT2D eigenvalue weighted by Crippen LogP contribution is -2.36. The van der Waals surface area contributed by atoms with Gasteiger partial charge in [0.15, 0.2) is 0 Å². The molecular weight excluding hydrogens is 280 g/mol. The molecular formula is C16H26N4O2. The highest BCUT2D eigenvalue weighted by molar-refractivity contribution is 5.70. The fourth-order valence-electron chi connectivity index (χ4n) is 2.48. The molecule has 2 rings (SSSR count). The number of aromatic nitrogens is 1. The number of carbonyl (C=O) groups is 1. The average molecular weight is 306 g/mol. The van der Waals surface area contributed by atoms with Gasteiger partial charge in [-0.25, -0.2) is 4.79 Å². The van der Waals surface area contributed by atoms with Gasteiger partial charge >= 0.3 is 6.09 Å². The van der Waals surface area contributed by atoms with Crippen molar-refractivity contribution in [2.24, 2.45) is 0 Å². The first-order valence-corrected chi connectivity index (χ1v) is 7.62. The van der Waals surface area contributed by atoms with Gasteiger partial charge in [-0.05, 0) is 33.3 Å². The first-order chi connectivity index (χ1) is 10.3. The summed E-state index contributed by atoms with van der Waals surface area (Å²) in [5.41, 5.74) is 1.62. The van der Waals surface area contributed by atoms with Crippen LogP contribution < -0.4 is 10.2 Å². The number of hydrogen-bond acceptors (Lipinski definition) is 5. The maximum Gasteiger partial charge on any atom is 0.410 e. The van der Waals surface area contributed by atoms with Gasteiger partial charge < -0.3 is 19.9 Å². The summed E-state index contributed by atoms with van der Waals surface area (Å²) in [7, 11) is 4.00. The molecule has 1 atom stereocenters. The van der Waals surface area contributed by atoms with Crippen LogP contribution in [0.4, 0.5) is 16.2 Å². The van der Waals surface area contributed by atoms with Crippen molar-refractivity contribution in [1.82, 2.24) is 9.88 Å². The summed E-state index contributed by atoms with van der Waals surface area (Å²) in [5, 5.41) is 3.48. The summed E-state index contributed by atoms with van der Waals surface area (Å²) in [6, 6.07) is 2.19. The van der Waals surface area contributed by atoms with E-state index in [4.69, 9.17) is 4.74 Å². The second-order valence-corrected chi connectivity index (χ2v) is 6.84. The zero-order valence-electron chi connectivity index (χ0n) is 14.1. The Bertz CT molecular complexity index is 525. The van der Waals surface area contributed by atoms with Gasteiger partial charge in [0.25, 0.3) is 0 Å². The Hall–Kier alpha value is -1.98. The molecule has 0 aliphatic carbocycles. The SMILES string of the molecule is CN(C)c1ccncc1NC1CCN(C(=O)OC(C)(C)C)C1. The Labute approximate surface area is 132 Å². The fourth-order valence-corrected chi connectivity index (χ4v) is 2.48. The largest absolute Gasteiger partial charge is 0.444 e. The molecule has 0 spiro atoms. The van der Waals surface area contributed by atoms with Crippen molar-refractivity contribution in [3.8, 4) is 0 Å². The van der Waals surface area contributed by atoms with Gasteiger partial charge in [-0.2, -0.15) is 0 Å². The van der Waals surface area contributed by atoms with E-state index in [2.05, 4.69) is 10.3 Å². The Kier molecular flexibility index (Phi) is 4.78. The Morgan fingerprint density at radius 3 is 2.82 bits per heavy atom. The van der Waals surface area contributed by atoms with Gasteiger partial charge in [0.2, 0.25) is 0 Å². The Balaban J connectivity index is 1.96. The van der Waals surface area contributed by atoms with Gasteiger partial charge in [0, 0.05) is 39.4 Å². The monoisotopic (exact) mass is 306 g/mol. The molecule has 2 heterocycles. The van der Waals surface area contributed by atoms with Crippen molar-refractivity contribution in [1.29, 1.82) is 0 Å². The zero-order valence-corrected chi connectivity index (χ0v) is 14.1. The zero-order chi connectivity index (χ0) is 16.3. The summed E-state index contributed by atoms with van der Waals surface area (Å²) in [5.74, 6) is 0. The number of anilines is 2. The minimum atomic E-state index is -0.454. The van der Waals surface area contributed by atoms with Gasteiger partial charge in [0.1, 0.15) is 5.60 Å². The number of nitrogens with one attached hydrogen (secondary N) is 1. The van der Waals surface area contributed by atoms with Crippen LogP contribution in [-0.2, 0) is 4.74 Å². The van der Waals surface area contributed by atoms with Gasteiger partial charge in [-0.3, -0.25) is 4.98 Å². The second-order valence-electron chi connectivity index (χ2n) is 6.84. The lowest BCUT2D eigenvalue weighted by Gasteiger charge is -2.25. The first kappa shape index (κ1) is 16.4. The van der Waals surface area contributed by atoms with Crippen LogP contribution in [0.15, 0.2) is 18.5 Å². The van der Waals surface area contributed by atoms with Gasteiger partial charge in [-0.1, -0.05) is 0 Å². The molecule has 1 aliphatic rings. The van der Waals surface area contributed by atoms with E-state index in [0.717, 1.165) is 17.8 Å². The van der Waals surface area contributed by atoms with E-state index in [0.29, 0.717) is 13.1 Å². The molecule has 0 saturated carbocycles. The smallest absolute Gasteiger partial charge is 0.410 e. The van der Waals surface area contributed by atoms with Gasteiger partial charge in [-0.15, -0.1) is 0 Å². The lowest BCUT2D eigenvalue weighted by atomic mass is 10.2. The molecule has 1 aromatic heterocycles. The van der Waals surface area contributed by atoms with Crippen LogP contribution >= 0.6 is 0 Å². The number of ether oxygens (including phenoxy) is 1. The van der Waals surface area contributed by atoms with Crippen LogP contribution in [-0.4, -0.2) is 54.8 Å². The maximum absolute atomic E-state index is 12.1. The fraction of sp³-hybridized carbons (Fsp3) is 0.625. The summed E-state index contributed by atoms with van der Waals surface area (Å²) in [6.45, 7) is 7.02. The van der Waals surface area contributed by atoms with Crippen molar-refractivity contribution in [2.75, 3.05) is 37.4 Å². The average Bonchev–Trinajstić information content (AvgIpc) is 2.86. The molecule has 1 fully saturated rings. The highest BCUT2D eigenvalue weighted by atomic mass is 16.6. The lowest BCUT2D eigenvalue weighted by molar-refractivity contribution is 0.0293. The van der Waals surface area contributed by atoms with E-state index < -0.39 is 5.60 Å². The molecule has 1 saturated heterocycles. The van der Waals surface area contributed by atoms with Crippen molar-refractivity contribution in [3.05, 3.63) is 18.5 Å². The number of likely N-dealkylation sites (tertiary alicyclic amines) is 1. The number of pyridine rings is 1. The molecule has 1 amide bonds. The molecule has 1 unspecified atom stereocenters. The number of rotatable bonds is 3. The van der Waals surface area contributed by atoms with Crippen LogP contribution in [0.1, 0.15) is 27.2 Å². The van der Waals surface area contributed by atoms with E-state index in [1.807, 2.05) is 52.0 Å². The first-order valence-electron chi connectivity index (χ1n) is 7.62. The third kappa shape index (κ3) is 4.26. The summed E-state index contributed by atoms with van der Waals surface area (Å²) in [4.78, 5) is 20.1. The van der Waals surface area contributed by atoms with Crippen LogP contribution in [0.3, 0.4) is 0 Å². The summed E-state index contributed by atoms with van der Waals surface area (Å²) >= 11 is 0. The van der Waals surface area contributed by atoms with Gasteiger partial charge in [0.05, 0.1) is 17.6 Å². The summed E-state index contributed by atoms with van der Waals surface area (Å²) in [6.07, 6.45) is 4.27. The minimum absolute atomic E-state index is 0.218. The second kappa shape index (κ2) is 6.42.